The van der Waals surface area contributed by atoms with Crippen molar-refractivity contribution in [2.75, 3.05) is 0 Å². The molecule has 0 amide bonds. The molecule has 0 atom stereocenters. The highest BCUT2D eigenvalue weighted by atomic mass is 16.3. The third-order valence-electron chi connectivity index (χ3n) is 4.81. The first-order valence-electron chi connectivity index (χ1n) is 8.95. The SMILES string of the molecule is Oc1cc(C(c2ccccc2)c2ccccc2)c(O)cc1-c1ccccc1. The van der Waals surface area contributed by atoms with Gasteiger partial charge in [0.1, 0.15) is 11.5 Å². The maximum absolute atomic E-state index is 10.9. The van der Waals surface area contributed by atoms with Crippen molar-refractivity contribution in [3.63, 3.8) is 0 Å². The largest absolute Gasteiger partial charge is 0.508 e. The summed E-state index contributed by atoms with van der Waals surface area (Å²) in [6, 6.07) is 33.0. The number of phenols is 2. The summed E-state index contributed by atoms with van der Waals surface area (Å²) in [5.74, 6) is 0.165. The fourth-order valence-electron chi connectivity index (χ4n) is 3.52. The van der Waals surface area contributed by atoms with E-state index >= 15 is 0 Å². The summed E-state index contributed by atoms with van der Waals surface area (Å²) in [5.41, 5.74) is 4.30. The molecule has 0 fully saturated rings. The van der Waals surface area contributed by atoms with Crippen molar-refractivity contribution >= 4 is 0 Å². The topological polar surface area (TPSA) is 40.5 Å². The molecule has 0 unspecified atom stereocenters. The van der Waals surface area contributed by atoms with Crippen LogP contribution < -0.4 is 0 Å². The second-order valence-corrected chi connectivity index (χ2v) is 6.55. The fourth-order valence-corrected chi connectivity index (χ4v) is 3.52. The molecule has 0 aliphatic carbocycles. The van der Waals surface area contributed by atoms with Crippen molar-refractivity contribution in [2.24, 2.45) is 0 Å². The van der Waals surface area contributed by atoms with Crippen LogP contribution in [0.5, 0.6) is 11.5 Å². The van der Waals surface area contributed by atoms with Gasteiger partial charge in [-0.25, -0.2) is 0 Å². The zero-order chi connectivity index (χ0) is 18.6. The molecule has 2 N–H and O–H groups in total. The van der Waals surface area contributed by atoms with Crippen LogP contribution in [0.15, 0.2) is 103 Å². The lowest BCUT2D eigenvalue weighted by Gasteiger charge is -2.21. The highest BCUT2D eigenvalue weighted by Crippen LogP contribution is 2.42. The van der Waals surface area contributed by atoms with Gasteiger partial charge in [-0.2, -0.15) is 0 Å². The van der Waals surface area contributed by atoms with E-state index in [1.165, 1.54) is 0 Å². The maximum atomic E-state index is 10.9. The number of rotatable bonds is 4. The number of phenolic OH excluding ortho intramolecular Hbond substituents is 2. The van der Waals surface area contributed by atoms with Crippen molar-refractivity contribution in [2.45, 2.75) is 5.92 Å². The molecule has 0 bridgehead atoms. The summed E-state index contributed by atoms with van der Waals surface area (Å²) >= 11 is 0. The second kappa shape index (κ2) is 7.38. The standard InChI is InChI=1S/C25H20O2/c26-23-17-22(24(27)16-21(23)18-10-4-1-5-11-18)25(19-12-6-2-7-13-19)20-14-8-3-9-15-20/h1-17,25-27H. The van der Waals surface area contributed by atoms with Crippen LogP contribution in [-0.2, 0) is 0 Å². The Hall–Kier alpha value is -3.52. The van der Waals surface area contributed by atoms with Crippen molar-refractivity contribution in [3.8, 4) is 22.6 Å². The van der Waals surface area contributed by atoms with E-state index in [4.69, 9.17) is 0 Å². The first kappa shape index (κ1) is 16.9. The van der Waals surface area contributed by atoms with E-state index < -0.39 is 0 Å². The minimum Gasteiger partial charge on any atom is -0.508 e. The van der Waals surface area contributed by atoms with Crippen LogP contribution in [0.1, 0.15) is 22.6 Å². The normalized spacial score (nSPS) is 10.9. The Morgan fingerprint density at radius 1 is 0.519 bits per heavy atom. The van der Waals surface area contributed by atoms with E-state index in [2.05, 4.69) is 0 Å². The van der Waals surface area contributed by atoms with E-state index in [0.717, 1.165) is 16.7 Å². The van der Waals surface area contributed by atoms with Crippen LogP contribution in [0.2, 0.25) is 0 Å². The monoisotopic (exact) mass is 352 g/mol. The predicted octanol–water partition coefficient (Wildman–Crippen LogP) is 5.95. The molecular formula is C25H20O2. The van der Waals surface area contributed by atoms with Crippen LogP contribution in [0.4, 0.5) is 0 Å². The molecule has 0 saturated heterocycles. The second-order valence-electron chi connectivity index (χ2n) is 6.55. The molecule has 132 valence electrons. The maximum Gasteiger partial charge on any atom is 0.123 e. The molecule has 0 aromatic heterocycles. The summed E-state index contributed by atoms with van der Waals surface area (Å²) < 4.78 is 0. The van der Waals surface area contributed by atoms with Crippen molar-refractivity contribution < 1.29 is 10.2 Å². The van der Waals surface area contributed by atoms with Gasteiger partial charge in [0.05, 0.1) is 0 Å². The van der Waals surface area contributed by atoms with E-state index in [-0.39, 0.29) is 17.4 Å². The number of hydrogen-bond acceptors (Lipinski definition) is 2. The zero-order valence-corrected chi connectivity index (χ0v) is 14.8. The predicted molar refractivity (Wildman–Crippen MR) is 109 cm³/mol. The van der Waals surface area contributed by atoms with Gasteiger partial charge in [0.2, 0.25) is 0 Å². The molecule has 2 nitrogen and oxygen atoms in total. The van der Waals surface area contributed by atoms with Crippen LogP contribution >= 0.6 is 0 Å². The van der Waals surface area contributed by atoms with Gasteiger partial charge in [0.15, 0.2) is 0 Å². The van der Waals surface area contributed by atoms with Gasteiger partial charge in [0, 0.05) is 17.0 Å². The third-order valence-corrected chi connectivity index (χ3v) is 4.81. The quantitative estimate of drug-likeness (QED) is 0.352. The van der Waals surface area contributed by atoms with Gasteiger partial charge in [0.25, 0.3) is 0 Å². The van der Waals surface area contributed by atoms with Gasteiger partial charge >= 0.3 is 0 Å². The molecule has 0 spiro atoms. The first-order chi connectivity index (χ1) is 13.2. The van der Waals surface area contributed by atoms with Gasteiger partial charge in [-0.05, 0) is 28.8 Å². The molecule has 0 saturated carbocycles. The number of benzene rings is 4. The Kier molecular flexibility index (Phi) is 4.63. The van der Waals surface area contributed by atoms with Crippen molar-refractivity contribution in [1.82, 2.24) is 0 Å². The van der Waals surface area contributed by atoms with Gasteiger partial charge in [-0.3, -0.25) is 0 Å². The van der Waals surface area contributed by atoms with Crippen LogP contribution in [0.3, 0.4) is 0 Å². The minimum absolute atomic E-state index is 0.158. The van der Waals surface area contributed by atoms with Gasteiger partial charge in [-0.1, -0.05) is 91.0 Å². The molecular weight excluding hydrogens is 332 g/mol. The smallest absolute Gasteiger partial charge is 0.123 e. The summed E-state index contributed by atoms with van der Waals surface area (Å²) in [7, 11) is 0. The molecule has 2 heteroatoms. The van der Waals surface area contributed by atoms with Gasteiger partial charge < -0.3 is 10.2 Å². The lowest BCUT2D eigenvalue weighted by molar-refractivity contribution is 0.455. The highest BCUT2D eigenvalue weighted by Gasteiger charge is 2.22. The molecule has 0 heterocycles. The fraction of sp³-hybridized carbons (Fsp3) is 0.0400. The average molecular weight is 352 g/mol. The van der Waals surface area contributed by atoms with E-state index in [1.807, 2.05) is 91.0 Å². The number of hydrogen-bond donors (Lipinski definition) is 2. The molecule has 0 aliphatic rings. The highest BCUT2D eigenvalue weighted by molar-refractivity contribution is 5.73. The van der Waals surface area contributed by atoms with Gasteiger partial charge in [-0.15, -0.1) is 0 Å². The summed E-state index contributed by atoms with van der Waals surface area (Å²) in [6.45, 7) is 0. The van der Waals surface area contributed by atoms with E-state index in [9.17, 15) is 10.2 Å². The molecule has 4 aromatic carbocycles. The molecule has 0 radical (unpaired) electrons. The lowest BCUT2D eigenvalue weighted by atomic mass is 9.84. The minimum atomic E-state index is -0.164. The third kappa shape index (κ3) is 3.42. The van der Waals surface area contributed by atoms with Crippen LogP contribution in [0, 0.1) is 0 Å². The Balaban J connectivity index is 1.87. The molecule has 27 heavy (non-hydrogen) atoms. The average Bonchev–Trinajstić information content (AvgIpc) is 2.73. The van der Waals surface area contributed by atoms with Crippen molar-refractivity contribution in [3.05, 3.63) is 120 Å². The van der Waals surface area contributed by atoms with Crippen LogP contribution in [-0.4, -0.2) is 10.2 Å². The Bertz CT molecular complexity index is 986. The summed E-state index contributed by atoms with van der Waals surface area (Å²) in [6.07, 6.45) is 0. The Labute approximate surface area is 159 Å². The van der Waals surface area contributed by atoms with E-state index in [1.54, 1.807) is 12.1 Å². The number of aromatic hydroxyl groups is 2. The Morgan fingerprint density at radius 3 is 1.52 bits per heavy atom. The van der Waals surface area contributed by atoms with Crippen molar-refractivity contribution in [1.29, 1.82) is 0 Å². The molecule has 4 rings (SSSR count). The van der Waals surface area contributed by atoms with Crippen LogP contribution in [0.25, 0.3) is 11.1 Å². The lowest BCUT2D eigenvalue weighted by Crippen LogP contribution is -2.04. The first-order valence-corrected chi connectivity index (χ1v) is 8.95. The molecule has 0 aliphatic heterocycles. The van der Waals surface area contributed by atoms with E-state index in [0.29, 0.717) is 11.1 Å². The molecule has 4 aromatic rings. The Morgan fingerprint density at radius 2 is 1.00 bits per heavy atom. The zero-order valence-electron chi connectivity index (χ0n) is 14.8. The summed E-state index contributed by atoms with van der Waals surface area (Å²) in [4.78, 5) is 0. The summed E-state index contributed by atoms with van der Waals surface area (Å²) in [5, 5.41) is 21.6.